The summed E-state index contributed by atoms with van der Waals surface area (Å²) in [6.45, 7) is 3.22. The summed E-state index contributed by atoms with van der Waals surface area (Å²) < 4.78 is 5.28. The summed E-state index contributed by atoms with van der Waals surface area (Å²) in [7, 11) is 0. The van der Waals surface area contributed by atoms with Crippen LogP contribution in [0.25, 0.3) is 0 Å². The zero-order chi connectivity index (χ0) is 11.6. The van der Waals surface area contributed by atoms with Gasteiger partial charge in [0.2, 0.25) is 0 Å². The largest absolute Gasteiger partial charge is 0.386 e. The minimum Gasteiger partial charge on any atom is -0.379 e. The highest BCUT2D eigenvalue weighted by molar-refractivity contribution is 5.58. The maximum Gasteiger partial charge on any atom is 0.386 e. The molecule has 1 aromatic heterocycles. The van der Waals surface area contributed by atoms with Crippen molar-refractivity contribution in [1.29, 1.82) is 0 Å². The molecule has 1 aliphatic rings. The first-order chi connectivity index (χ1) is 7.61. The Kier molecular flexibility index (Phi) is 2.74. The normalized spacial score (nSPS) is 24.3. The standard InChI is InChI=1S/C10H13N3O3/c1-10(4-6-16-7-10)12-8-3-2-5-11-9(8)13(14)15/h2-3,5,12H,4,6-7H2,1H3. The lowest BCUT2D eigenvalue weighted by molar-refractivity contribution is -0.388. The molecule has 6 nitrogen and oxygen atoms in total. The van der Waals surface area contributed by atoms with Gasteiger partial charge in [-0.15, -0.1) is 0 Å². The minimum absolute atomic E-state index is 0.143. The lowest BCUT2D eigenvalue weighted by Gasteiger charge is -2.24. The van der Waals surface area contributed by atoms with Crippen LogP contribution in [0.1, 0.15) is 13.3 Å². The van der Waals surface area contributed by atoms with E-state index >= 15 is 0 Å². The first kappa shape index (κ1) is 10.8. The third kappa shape index (κ3) is 2.11. The first-order valence-electron chi connectivity index (χ1n) is 5.06. The predicted molar refractivity (Wildman–Crippen MR) is 58.4 cm³/mol. The number of anilines is 1. The maximum absolute atomic E-state index is 10.8. The minimum atomic E-state index is -0.485. The fourth-order valence-corrected chi connectivity index (χ4v) is 1.73. The summed E-state index contributed by atoms with van der Waals surface area (Å²) in [6.07, 6.45) is 2.25. The van der Waals surface area contributed by atoms with E-state index in [1.54, 1.807) is 12.1 Å². The molecule has 1 N–H and O–H groups in total. The van der Waals surface area contributed by atoms with E-state index in [0.717, 1.165) is 6.42 Å². The van der Waals surface area contributed by atoms with Gasteiger partial charge in [0.15, 0.2) is 0 Å². The molecule has 6 heteroatoms. The molecule has 0 saturated carbocycles. The van der Waals surface area contributed by atoms with Crippen LogP contribution in [0.2, 0.25) is 0 Å². The fraction of sp³-hybridized carbons (Fsp3) is 0.500. The molecule has 1 atom stereocenters. The van der Waals surface area contributed by atoms with Crippen LogP contribution in [0.15, 0.2) is 18.3 Å². The number of hydrogen-bond acceptors (Lipinski definition) is 5. The van der Waals surface area contributed by atoms with Gasteiger partial charge >= 0.3 is 5.82 Å². The molecule has 1 fully saturated rings. The molecular formula is C10H13N3O3. The van der Waals surface area contributed by atoms with E-state index in [0.29, 0.717) is 18.9 Å². The zero-order valence-electron chi connectivity index (χ0n) is 8.97. The van der Waals surface area contributed by atoms with Gasteiger partial charge < -0.3 is 20.2 Å². The number of ether oxygens (including phenoxy) is 1. The molecule has 1 aliphatic heterocycles. The summed E-state index contributed by atoms with van der Waals surface area (Å²) in [6, 6.07) is 3.34. The third-order valence-corrected chi connectivity index (χ3v) is 2.61. The predicted octanol–water partition coefficient (Wildman–Crippen LogP) is 1.58. The Morgan fingerprint density at radius 2 is 2.50 bits per heavy atom. The van der Waals surface area contributed by atoms with Crippen molar-refractivity contribution < 1.29 is 9.66 Å². The third-order valence-electron chi connectivity index (χ3n) is 2.61. The quantitative estimate of drug-likeness (QED) is 0.621. The smallest absolute Gasteiger partial charge is 0.379 e. The van der Waals surface area contributed by atoms with Gasteiger partial charge in [-0.2, -0.15) is 0 Å². The number of pyridine rings is 1. The van der Waals surface area contributed by atoms with Crippen molar-refractivity contribution in [3.05, 3.63) is 28.4 Å². The van der Waals surface area contributed by atoms with Crippen molar-refractivity contribution in [2.75, 3.05) is 18.5 Å². The molecule has 0 amide bonds. The second-order valence-electron chi connectivity index (χ2n) is 4.12. The molecule has 1 unspecified atom stereocenters. The van der Waals surface area contributed by atoms with E-state index in [9.17, 15) is 10.1 Å². The average molecular weight is 223 g/mol. The first-order valence-corrected chi connectivity index (χ1v) is 5.06. The molecular weight excluding hydrogens is 210 g/mol. The van der Waals surface area contributed by atoms with Gasteiger partial charge in [-0.1, -0.05) is 0 Å². The lowest BCUT2D eigenvalue weighted by Crippen LogP contribution is -2.35. The highest BCUT2D eigenvalue weighted by atomic mass is 16.6. The van der Waals surface area contributed by atoms with Crippen molar-refractivity contribution >= 4 is 11.5 Å². The summed E-state index contributed by atoms with van der Waals surface area (Å²) in [4.78, 5) is 14.0. The molecule has 2 heterocycles. The van der Waals surface area contributed by atoms with Crippen LogP contribution in [-0.4, -0.2) is 28.7 Å². The van der Waals surface area contributed by atoms with Crippen LogP contribution in [0.4, 0.5) is 11.5 Å². The monoisotopic (exact) mass is 223 g/mol. The number of nitro groups is 1. The van der Waals surface area contributed by atoms with E-state index in [-0.39, 0.29) is 11.4 Å². The van der Waals surface area contributed by atoms with Gasteiger partial charge in [0.25, 0.3) is 0 Å². The van der Waals surface area contributed by atoms with Crippen molar-refractivity contribution in [3.8, 4) is 0 Å². The molecule has 2 rings (SSSR count). The number of rotatable bonds is 3. The molecule has 1 aromatic rings. The van der Waals surface area contributed by atoms with Crippen LogP contribution in [0.3, 0.4) is 0 Å². The summed E-state index contributed by atoms with van der Waals surface area (Å²) in [5, 5.41) is 13.9. The number of nitrogens with one attached hydrogen (secondary N) is 1. The van der Waals surface area contributed by atoms with Crippen LogP contribution in [-0.2, 0) is 4.74 Å². The highest BCUT2D eigenvalue weighted by Crippen LogP contribution is 2.28. The van der Waals surface area contributed by atoms with Crippen molar-refractivity contribution in [2.45, 2.75) is 18.9 Å². The van der Waals surface area contributed by atoms with Gasteiger partial charge in [-0.05, 0) is 35.4 Å². The molecule has 0 spiro atoms. The molecule has 0 bridgehead atoms. The number of nitrogens with zero attached hydrogens (tertiary/aromatic N) is 2. The lowest BCUT2D eigenvalue weighted by atomic mass is 10.0. The average Bonchev–Trinajstić information content (AvgIpc) is 2.65. The van der Waals surface area contributed by atoms with E-state index in [4.69, 9.17) is 4.74 Å². The summed E-state index contributed by atoms with van der Waals surface area (Å²) in [5.74, 6) is -0.143. The summed E-state index contributed by atoms with van der Waals surface area (Å²) in [5.41, 5.74) is 0.203. The van der Waals surface area contributed by atoms with E-state index in [1.165, 1.54) is 6.20 Å². The van der Waals surface area contributed by atoms with Crippen molar-refractivity contribution in [3.63, 3.8) is 0 Å². The van der Waals surface area contributed by atoms with Gasteiger partial charge in [-0.25, -0.2) is 0 Å². The molecule has 1 saturated heterocycles. The number of hydrogen-bond donors (Lipinski definition) is 1. The Balaban J connectivity index is 2.23. The fourth-order valence-electron chi connectivity index (χ4n) is 1.73. The van der Waals surface area contributed by atoms with Gasteiger partial charge in [0.1, 0.15) is 11.9 Å². The molecule has 0 radical (unpaired) electrons. The van der Waals surface area contributed by atoms with Gasteiger partial charge in [-0.3, -0.25) is 0 Å². The Bertz CT molecular complexity index is 402. The van der Waals surface area contributed by atoms with Gasteiger partial charge in [0, 0.05) is 6.61 Å². The zero-order valence-corrected chi connectivity index (χ0v) is 8.97. The van der Waals surface area contributed by atoms with Crippen LogP contribution in [0.5, 0.6) is 0 Å². The van der Waals surface area contributed by atoms with Gasteiger partial charge in [0.05, 0.1) is 12.1 Å². The number of aromatic nitrogens is 1. The Morgan fingerprint density at radius 1 is 1.69 bits per heavy atom. The van der Waals surface area contributed by atoms with Crippen LogP contribution < -0.4 is 5.32 Å². The topological polar surface area (TPSA) is 77.3 Å². The SMILES string of the molecule is CC1(Nc2cccnc2[N+](=O)[O-])CCOC1. The van der Waals surface area contributed by atoms with E-state index < -0.39 is 4.92 Å². The molecule has 16 heavy (non-hydrogen) atoms. The van der Waals surface area contributed by atoms with E-state index in [1.807, 2.05) is 6.92 Å². The summed E-state index contributed by atoms with van der Waals surface area (Å²) >= 11 is 0. The molecule has 0 aromatic carbocycles. The second-order valence-corrected chi connectivity index (χ2v) is 4.12. The Hall–Kier alpha value is -1.69. The maximum atomic E-state index is 10.8. The Morgan fingerprint density at radius 3 is 3.12 bits per heavy atom. The van der Waals surface area contributed by atoms with E-state index in [2.05, 4.69) is 10.3 Å². The second kappa shape index (κ2) is 4.05. The van der Waals surface area contributed by atoms with Crippen molar-refractivity contribution in [1.82, 2.24) is 4.98 Å². The Labute approximate surface area is 92.8 Å². The van der Waals surface area contributed by atoms with Crippen LogP contribution >= 0.6 is 0 Å². The van der Waals surface area contributed by atoms with Crippen molar-refractivity contribution in [2.24, 2.45) is 0 Å². The molecule has 86 valence electrons. The molecule has 0 aliphatic carbocycles. The highest BCUT2D eigenvalue weighted by Gasteiger charge is 2.31. The van der Waals surface area contributed by atoms with Crippen LogP contribution in [0, 0.1) is 10.1 Å².